The molecule has 0 spiro atoms. The van der Waals surface area contributed by atoms with E-state index in [1.165, 1.54) is 4.90 Å². The zero-order valence-electron chi connectivity index (χ0n) is 14.1. The molecule has 3 rings (SSSR count). The number of hydrogen-bond acceptors (Lipinski definition) is 6. The van der Waals surface area contributed by atoms with E-state index in [1.807, 2.05) is 6.07 Å². The molecule has 0 saturated carbocycles. The van der Waals surface area contributed by atoms with Gasteiger partial charge in [-0.25, -0.2) is 0 Å². The number of likely N-dealkylation sites (N-methyl/N-ethyl adjacent to an activating group) is 1. The van der Waals surface area contributed by atoms with E-state index in [0.29, 0.717) is 29.0 Å². The lowest BCUT2D eigenvalue weighted by Gasteiger charge is -2.29. The minimum Gasteiger partial charge on any atom is -0.493 e. The number of nitrogens with zero attached hydrogens (tertiary/aromatic N) is 3. The maximum atomic E-state index is 9.40. The van der Waals surface area contributed by atoms with Crippen LogP contribution in [-0.2, 0) is 0 Å². The first kappa shape index (κ1) is 16.1. The van der Waals surface area contributed by atoms with Gasteiger partial charge < -0.3 is 23.7 Å². The van der Waals surface area contributed by atoms with Gasteiger partial charge in [0.25, 0.3) is 0 Å². The van der Waals surface area contributed by atoms with E-state index in [2.05, 4.69) is 23.0 Å². The highest BCUT2D eigenvalue weighted by molar-refractivity contribution is 5.63. The highest BCUT2D eigenvalue weighted by Crippen LogP contribution is 2.34. The van der Waals surface area contributed by atoms with Gasteiger partial charge >= 0.3 is 0 Å². The zero-order valence-corrected chi connectivity index (χ0v) is 14.1. The van der Waals surface area contributed by atoms with E-state index in [-0.39, 0.29) is 0 Å². The molecule has 1 aliphatic heterocycles. The SMILES string of the molecule is COc1ccc(-c2nc(C#N)c(N3CC[NH+](C)CC3)o2)cc1OC. The van der Waals surface area contributed by atoms with Crippen LogP contribution in [-0.4, -0.2) is 52.4 Å². The summed E-state index contributed by atoms with van der Waals surface area (Å²) in [5.41, 5.74) is 1.06. The summed E-state index contributed by atoms with van der Waals surface area (Å²) >= 11 is 0. The molecule has 2 heterocycles. The quantitative estimate of drug-likeness (QED) is 0.884. The number of piperazine rings is 1. The third-order valence-corrected chi connectivity index (χ3v) is 4.25. The van der Waals surface area contributed by atoms with Gasteiger partial charge in [0.1, 0.15) is 6.07 Å². The maximum absolute atomic E-state index is 9.40. The average Bonchev–Trinajstić information content (AvgIpc) is 3.06. The van der Waals surface area contributed by atoms with Crippen LogP contribution in [0.4, 0.5) is 5.88 Å². The van der Waals surface area contributed by atoms with E-state index >= 15 is 0 Å². The maximum Gasteiger partial charge on any atom is 0.235 e. The number of benzene rings is 1. The Kier molecular flexibility index (Phi) is 4.58. The molecule has 24 heavy (non-hydrogen) atoms. The Hall–Kier alpha value is -2.72. The van der Waals surface area contributed by atoms with E-state index in [0.717, 1.165) is 31.7 Å². The molecule has 126 valence electrons. The summed E-state index contributed by atoms with van der Waals surface area (Å²) in [6.07, 6.45) is 0. The lowest BCUT2D eigenvalue weighted by Crippen LogP contribution is -3.12. The Morgan fingerprint density at radius 1 is 1.21 bits per heavy atom. The van der Waals surface area contributed by atoms with Gasteiger partial charge in [-0.3, -0.25) is 0 Å². The predicted molar refractivity (Wildman–Crippen MR) is 88.6 cm³/mol. The van der Waals surface area contributed by atoms with Crippen LogP contribution in [0, 0.1) is 11.3 Å². The van der Waals surface area contributed by atoms with Crippen molar-refractivity contribution in [2.75, 3.05) is 52.3 Å². The third kappa shape index (κ3) is 3.01. The monoisotopic (exact) mass is 329 g/mol. The Bertz CT molecular complexity index is 758. The molecular weight excluding hydrogens is 308 g/mol. The third-order valence-electron chi connectivity index (χ3n) is 4.25. The van der Waals surface area contributed by atoms with Crippen LogP contribution < -0.4 is 19.3 Å². The van der Waals surface area contributed by atoms with Gasteiger partial charge in [-0.15, -0.1) is 0 Å². The van der Waals surface area contributed by atoms with Crippen LogP contribution in [0.1, 0.15) is 5.69 Å². The molecule has 1 N–H and O–H groups in total. The van der Waals surface area contributed by atoms with Gasteiger partial charge in [0.05, 0.1) is 47.4 Å². The van der Waals surface area contributed by atoms with Crippen LogP contribution in [0.25, 0.3) is 11.5 Å². The van der Waals surface area contributed by atoms with Crippen LogP contribution in [0.15, 0.2) is 22.6 Å². The smallest absolute Gasteiger partial charge is 0.235 e. The average molecular weight is 329 g/mol. The molecule has 0 radical (unpaired) electrons. The first-order valence-corrected chi connectivity index (χ1v) is 7.86. The van der Waals surface area contributed by atoms with Gasteiger partial charge in [0.2, 0.25) is 17.5 Å². The standard InChI is InChI=1S/C17H20N4O3/c1-20-6-8-21(9-7-20)17-13(11-18)19-16(24-17)12-4-5-14(22-2)15(10-12)23-3/h4-5,10H,6-9H2,1-3H3/p+1. The van der Waals surface area contributed by atoms with Crippen molar-refractivity contribution in [2.45, 2.75) is 0 Å². The Labute approximate surface area is 141 Å². The summed E-state index contributed by atoms with van der Waals surface area (Å²) in [5, 5.41) is 9.40. The molecule has 0 atom stereocenters. The molecule has 0 amide bonds. The van der Waals surface area contributed by atoms with Crippen LogP contribution in [0.3, 0.4) is 0 Å². The van der Waals surface area contributed by atoms with Crippen molar-refractivity contribution < 1.29 is 18.8 Å². The summed E-state index contributed by atoms with van der Waals surface area (Å²) in [6.45, 7) is 3.72. The lowest BCUT2D eigenvalue weighted by molar-refractivity contribution is -0.880. The van der Waals surface area contributed by atoms with Crippen molar-refractivity contribution in [3.63, 3.8) is 0 Å². The zero-order chi connectivity index (χ0) is 17.1. The number of aromatic nitrogens is 1. The number of quaternary nitrogens is 1. The summed E-state index contributed by atoms with van der Waals surface area (Å²) in [5.74, 6) is 2.19. The highest BCUT2D eigenvalue weighted by atomic mass is 16.5. The first-order valence-electron chi connectivity index (χ1n) is 7.86. The van der Waals surface area contributed by atoms with E-state index < -0.39 is 0 Å². The van der Waals surface area contributed by atoms with Gasteiger partial charge in [-0.05, 0) is 18.2 Å². The number of anilines is 1. The fourth-order valence-corrected chi connectivity index (χ4v) is 2.78. The second kappa shape index (κ2) is 6.81. The van der Waals surface area contributed by atoms with Crippen molar-refractivity contribution in [3.8, 4) is 29.0 Å². The number of nitriles is 1. The van der Waals surface area contributed by atoms with E-state index in [9.17, 15) is 5.26 Å². The van der Waals surface area contributed by atoms with Crippen molar-refractivity contribution in [1.82, 2.24) is 4.98 Å². The van der Waals surface area contributed by atoms with E-state index in [4.69, 9.17) is 13.9 Å². The molecule has 2 aromatic rings. The van der Waals surface area contributed by atoms with Gasteiger partial charge in [0, 0.05) is 5.56 Å². The van der Waals surface area contributed by atoms with Crippen LogP contribution >= 0.6 is 0 Å². The van der Waals surface area contributed by atoms with Crippen molar-refractivity contribution in [2.24, 2.45) is 0 Å². The number of methoxy groups -OCH3 is 2. The van der Waals surface area contributed by atoms with Crippen molar-refractivity contribution >= 4 is 5.88 Å². The van der Waals surface area contributed by atoms with Gasteiger partial charge in [-0.2, -0.15) is 10.2 Å². The van der Waals surface area contributed by atoms with Crippen LogP contribution in [0.2, 0.25) is 0 Å². The molecule has 1 aromatic heterocycles. The molecule has 1 saturated heterocycles. The molecular formula is C17H21N4O3+. The second-order valence-corrected chi connectivity index (χ2v) is 5.80. The number of hydrogen-bond donors (Lipinski definition) is 1. The number of oxazole rings is 1. The minimum absolute atomic E-state index is 0.319. The minimum atomic E-state index is 0.319. The number of nitrogens with one attached hydrogen (secondary N) is 1. The molecule has 1 aliphatic rings. The summed E-state index contributed by atoms with van der Waals surface area (Å²) in [4.78, 5) is 7.91. The Morgan fingerprint density at radius 2 is 1.92 bits per heavy atom. The summed E-state index contributed by atoms with van der Waals surface area (Å²) in [7, 11) is 5.33. The normalized spacial score (nSPS) is 15.2. The van der Waals surface area contributed by atoms with Crippen LogP contribution in [0.5, 0.6) is 11.5 Å². The number of ether oxygens (including phenoxy) is 2. The Morgan fingerprint density at radius 3 is 2.54 bits per heavy atom. The molecule has 1 aromatic carbocycles. The topological polar surface area (TPSA) is 76.0 Å². The fourth-order valence-electron chi connectivity index (χ4n) is 2.78. The second-order valence-electron chi connectivity index (χ2n) is 5.80. The largest absolute Gasteiger partial charge is 0.493 e. The van der Waals surface area contributed by atoms with Gasteiger partial charge in [-0.1, -0.05) is 0 Å². The molecule has 1 fully saturated rings. The summed E-state index contributed by atoms with van der Waals surface area (Å²) < 4.78 is 16.5. The predicted octanol–water partition coefficient (Wildman–Crippen LogP) is 0.565. The Balaban J connectivity index is 1.94. The molecule has 0 bridgehead atoms. The summed E-state index contributed by atoms with van der Waals surface area (Å²) in [6, 6.07) is 7.57. The molecule has 0 unspecified atom stereocenters. The molecule has 7 heteroatoms. The lowest BCUT2D eigenvalue weighted by atomic mass is 10.2. The highest BCUT2D eigenvalue weighted by Gasteiger charge is 2.25. The number of rotatable bonds is 4. The molecule has 0 aliphatic carbocycles. The fraction of sp³-hybridized carbons (Fsp3) is 0.412. The van der Waals surface area contributed by atoms with Crippen molar-refractivity contribution in [3.05, 3.63) is 23.9 Å². The van der Waals surface area contributed by atoms with Gasteiger partial charge in [0.15, 0.2) is 11.5 Å². The van der Waals surface area contributed by atoms with Crippen molar-refractivity contribution in [1.29, 1.82) is 5.26 Å². The molecule has 7 nitrogen and oxygen atoms in total. The van der Waals surface area contributed by atoms with E-state index in [1.54, 1.807) is 26.4 Å². The first-order chi connectivity index (χ1) is 11.7.